The molecule has 0 unspecified atom stereocenters. The minimum Gasteiger partial charge on any atom is -0.399 e. The van der Waals surface area contributed by atoms with Crippen LogP contribution in [0.4, 0.5) is 5.69 Å². The zero-order chi connectivity index (χ0) is 13.9. The van der Waals surface area contributed by atoms with Gasteiger partial charge in [-0.15, -0.1) is 0 Å². The first kappa shape index (κ1) is 13.5. The summed E-state index contributed by atoms with van der Waals surface area (Å²) in [5.41, 5.74) is 10.7. The first-order valence-electron chi connectivity index (χ1n) is 7.03. The van der Waals surface area contributed by atoms with Gasteiger partial charge in [0.15, 0.2) is 0 Å². The van der Waals surface area contributed by atoms with Crippen LogP contribution in [0.25, 0.3) is 0 Å². The second-order valence-corrected chi connectivity index (χ2v) is 5.86. The van der Waals surface area contributed by atoms with Crippen molar-refractivity contribution in [3.8, 4) is 0 Å². The smallest absolute Gasteiger partial charge is 0.0372 e. The van der Waals surface area contributed by atoms with Gasteiger partial charge in [-0.05, 0) is 47.8 Å². The lowest BCUT2D eigenvalue weighted by Gasteiger charge is -2.19. The molecule has 0 atom stereocenters. The van der Waals surface area contributed by atoms with Gasteiger partial charge in [0.25, 0.3) is 0 Å². The van der Waals surface area contributed by atoms with E-state index in [9.17, 15) is 0 Å². The highest BCUT2D eigenvalue weighted by Gasteiger charge is 2.16. The van der Waals surface area contributed by atoms with E-state index in [1.165, 1.54) is 16.7 Å². The number of allylic oxidation sites excluding steroid dienone is 4. The van der Waals surface area contributed by atoms with Crippen molar-refractivity contribution < 1.29 is 0 Å². The normalized spacial score (nSPS) is 19.6. The van der Waals surface area contributed by atoms with Crippen molar-refractivity contribution in [2.45, 2.75) is 19.4 Å². The van der Waals surface area contributed by atoms with Gasteiger partial charge in [0.05, 0.1) is 0 Å². The van der Waals surface area contributed by atoms with E-state index in [0.717, 1.165) is 43.2 Å². The van der Waals surface area contributed by atoms with Crippen molar-refractivity contribution in [1.29, 1.82) is 0 Å². The summed E-state index contributed by atoms with van der Waals surface area (Å²) in [5.74, 6) is 0. The van der Waals surface area contributed by atoms with Gasteiger partial charge in [-0.2, -0.15) is 0 Å². The summed E-state index contributed by atoms with van der Waals surface area (Å²) < 4.78 is 0. The lowest BCUT2D eigenvalue weighted by Crippen LogP contribution is -2.23. The van der Waals surface area contributed by atoms with E-state index in [1.807, 2.05) is 12.1 Å². The maximum absolute atomic E-state index is 6.10. The number of fused-ring (bicyclic) bond motifs is 1. The van der Waals surface area contributed by atoms with Crippen LogP contribution >= 0.6 is 11.6 Å². The lowest BCUT2D eigenvalue weighted by atomic mass is 9.96. The summed E-state index contributed by atoms with van der Waals surface area (Å²) in [6.07, 6.45) is 8.59. The van der Waals surface area contributed by atoms with Crippen molar-refractivity contribution in [2.75, 3.05) is 18.8 Å². The fraction of sp³-hybridized carbons (Fsp3) is 0.294. The number of rotatable bonds is 2. The Hall–Kier alpha value is -1.51. The molecular formula is C17H19ClN2. The molecule has 1 aromatic rings. The molecule has 2 aliphatic rings. The molecule has 0 radical (unpaired) electrons. The lowest BCUT2D eigenvalue weighted by molar-refractivity contribution is 0.302. The molecule has 3 heteroatoms. The summed E-state index contributed by atoms with van der Waals surface area (Å²) in [5, 5.41) is 0.879. The molecule has 20 heavy (non-hydrogen) atoms. The molecule has 104 valence electrons. The summed E-state index contributed by atoms with van der Waals surface area (Å²) in [6.45, 7) is 3.04. The van der Waals surface area contributed by atoms with E-state index in [4.69, 9.17) is 17.3 Å². The molecular weight excluding hydrogens is 268 g/mol. The Balaban J connectivity index is 1.68. The summed E-state index contributed by atoms with van der Waals surface area (Å²) >= 11 is 6.10. The molecule has 1 heterocycles. The third-order valence-corrected chi connectivity index (χ3v) is 4.18. The monoisotopic (exact) mass is 286 g/mol. The Morgan fingerprint density at radius 1 is 1.10 bits per heavy atom. The number of nitrogen functional groups attached to an aromatic ring is 1. The average Bonchev–Trinajstić information content (AvgIpc) is 2.64. The molecule has 0 spiro atoms. The van der Waals surface area contributed by atoms with E-state index in [-0.39, 0.29) is 0 Å². The van der Waals surface area contributed by atoms with Gasteiger partial charge < -0.3 is 5.73 Å². The van der Waals surface area contributed by atoms with E-state index in [2.05, 4.69) is 35.3 Å². The van der Waals surface area contributed by atoms with Crippen LogP contribution in [-0.4, -0.2) is 18.0 Å². The number of hydrogen-bond donors (Lipinski definition) is 1. The summed E-state index contributed by atoms with van der Waals surface area (Å²) in [6, 6.07) is 8.16. The summed E-state index contributed by atoms with van der Waals surface area (Å²) in [4.78, 5) is 2.46. The SMILES string of the molecule is Nc1ccc(CN2CC=C3CC=C(Cl)C=C3CC2)cc1. The Morgan fingerprint density at radius 2 is 1.90 bits per heavy atom. The second kappa shape index (κ2) is 5.86. The molecule has 0 bridgehead atoms. The Morgan fingerprint density at radius 3 is 2.70 bits per heavy atom. The average molecular weight is 287 g/mol. The molecule has 1 aromatic carbocycles. The molecule has 1 aliphatic carbocycles. The van der Waals surface area contributed by atoms with Gasteiger partial charge in [0.2, 0.25) is 0 Å². The van der Waals surface area contributed by atoms with E-state index in [0.29, 0.717) is 0 Å². The Labute approximate surface area is 125 Å². The maximum Gasteiger partial charge on any atom is 0.0372 e. The molecule has 0 saturated carbocycles. The minimum atomic E-state index is 0.823. The minimum absolute atomic E-state index is 0.823. The highest BCUT2D eigenvalue weighted by molar-refractivity contribution is 6.31. The van der Waals surface area contributed by atoms with Crippen LogP contribution in [0.3, 0.4) is 0 Å². The largest absolute Gasteiger partial charge is 0.399 e. The Kier molecular flexibility index (Phi) is 3.95. The van der Waals surface area contributed by atoms with Crippen molar-refractivity contribution in [2.24, 2.45) is 0 Å². The van der Waals surface area contributed by atoms with Crippen molar-refractivity contribution >= 4 is 17.3 Å². The first-order valence-corrected chi connectivity index (χ1v) is 7.41. The Bertz CT molecular complexity index is 582. The predicted molar refractivity (Wildman–Crippen MR) is 85.5 cm³/mol. The van der Waals surface area contributed by atoms with Crippen LogP contribution < -0.4 is 5.73 Å². The zero-order valence-corrected chi connectivity index (χ0v) is 12.2. The number of anilines is 1. The third-order valence-electron chi connectivity index (χ3n) is 3.92. The molecule has 0 amide bonds. The van der Waals surface area contributed by atoms with Gasteiger partial charge in [-0.25, -0.2) is 0 Å². The number of nitrogens with zero attached hydrogens (tertiary/aromatic N) is 1. The molecule has 3 rings (SSSR count). The topological polar surface area (TPSA) is 29.3 Å². The van der Waals surface area contributed by atoms with Gasteiger partial charge in [0.1, 0.15) is 0 Å². The van der Waals surface area contributed by atoms with Crippen molar-refractivity contribution in [3.63, 3.8) is 0 Å². The van der Waals surface area contributed by atoms with Crippen molar-refractivity contribution in [3.05, 3.63) is 64.2 Å². The molecule has 0 aromatic heterocycles. The number of benzene rings is 1. The molecule has 0 saturated heterocycles. The van der Waals surface area contributed by atoms with E-state index >= 15 is 0 Å². The predicted octanol–water partition coefficient (Wildman–Crippen LogP) is 3.85. The second-order valence-electron chi connectivity index (χ2n) is 5.42. The van der Waals surface area contributed by atoms with Gasteiger partial charge in [-0.3, -0.25) is 4.90 Å². The summed E-state index contributed by atoms with van der Waals surface area (Å²) in [7, 11) is 0. The van der Waals surface area contributed by atoms with Crippen LogP contribution in [0.1, 0.15) is 18.4 Å². The third kappa shape index (κ3) is 3.14. The number of hydrogen-bond acceptors (Lipinski definition) is 2. The highest BCUT2D eigenvalue weighted by atomic mass is 35.5. The van der Waals surface area contributed by atoms with Crippen LogP contribution in [-0.2, 0) is 6.54 Å². The quantitative estimate of drug-likeness (QED) is 0.837. The standard InChI is InChI=1S/C17H19ClN2/c18-16-4-3-14-7-9-20(10-8-15(14)11-16)12-13-1-5-17(19)6-2-13/h1-2,4-7,11H,3,8-10,12,19H2. The van der Waals surface area contributed by atoms with Crippen LogP contribution in [0.5, 0.6) is 0 Å². The maximum atomic E-state index is 6.10. The van der Waals surface area contributed by atoms with Crippen LogP contribution in [0.15, 0.2) is 58.7 Å². The van der Waals surface area contributed by atoms with E-state index < -0.39 is 0 Å². The van der Waals surface area contributed by atoms with Gasteiger partial charge in [0, 0.05) is 30.4 Å². The molecule has 2 nitrogen and oxygen atoms in total. The highest BCUT2D eigenvalue weighted by Crippen LogP contribution is 2.29. The van der Waals surface area contributed by atoms with Crippen LogP contribution in [0, 0.1) is 0 Å². The van der Waals surface area contributed by atoms with E-state index in [1.54, 1.807) is 0 Å². The number of halogens is 1. The molecule has 0 fully saturated rings. The fourth-order valence-corrected chi connectivity index (χ4v) is 2.95. The zero-order valence-electron chi connectivity index (χ0n) is 11.5. The fourth-order valence-electron chi connectivity index (χ4n) is 2.74. The number of nitrogens with two attached hydrogens (primary N) is 1. The molecule has 2 N–H and O–H groups in total. The molecule has 1 aliphatic heterocycles. The van der Waals surface area contributed by atoms with Gasteiger partial charge >= 0.3 is 0 Å². The van der Waals surface area contributed by atoms with Crippen LogP contribution in [0.2, 0.25) is 0 Å². The van der Waals surface area contributed by atoms with Crippen molar-refractivity contribution in [1.82, 2.24) is 4.90 Å². The first-order chi connectivity index (χ1) is 9.70. The van der Waals surface area contributed by atoms with Gasteiger partial charge in [-0.1, -0.05) is 35.9 Å².